The summed E-state index contributed by atoms with van der Waals surface area (Å²) in [6.45, 7) is 1.78. The average molecular weight is 756 g/mol. The average Bonchev–Trinajstić information content (AvgIpc) is 3.79. The minimum Gasteiger partial charge on any atom is -0.439 e. The predicted octanol–water partition coefficient (Wildman–Crippen LogP) is 5.75. The summed E-state index contributed by atoms with van der Waals surface area (Å²) < 4.78 is 114. The number of nitrogens with zero attached hydrogens (tertiary/aromatic N) is 3. The molecule has 1 saturated carbocycles. The number of alkyl halides is 2. The maximum atomic E-state index is 14.2. The maximum absolute atomic E-state index is 14.2. The fourth-order valence-electron chi connectivity index (χ4n) is 5.03. The number of nitrogens with one attached hydrogen (secondary N) is 1. The standard InChI is InChI=1S/C32H30ClF4N5O6S2/c1-32(2,49(3,44)45)11-10-20-4-7-22(28(39-20)25(48-31(38)43)14-17-12-18(34)15-19(35)13-17)23-8-9-24(33)27-29(23)42(16-26(36)37)40-30(27)41-50(46,47)21-5-6-21/h4,7-9,12-13,15,21,25-26H,5-6,14,16H2,1-3H3,(H2,38,43)(H,40,41). The number of carbonyl (C=O) groups is 1. The molecule has 18 heteroatoms. The number of pyridine rings is 1. The molecular formula is C32H30ClF4N5O6S2. The van der Waals surface area contributed by atoms with Crippen LogP contribution in [0.2, 0.25) is 5.02 Å². The number of hydrogen-bond donors (Lipinski definition) is 2. The van der Waals surface area contributed by atoms with Gasteiger partial charge in [0.25, 0.3) is 6.43 Å². The van der Waals surface area contributed by atoms with E-state index in [4.69, 9.17) is 22.1 Å². The number of rotatable bonds is 11. The number of fused-ring (bicyclic) bond motifs is 1. The topological polar surface area (TPSA) is 163 Å². The first-order chi connectivity index (χ1) is 23.3. The van der Waals surface area contributed by atoms with Crippen LogP contribution in [-0.2, 0) is 37.6 Å². The fourth-order valence-corrected chi connectivity index (χ4v) is 6.85. The lowest BCUT2D eigenvalue weighted by Gasteiger charge is -2.21. The minimum absolute atomic E-state index is 0.0154. The van der Waals surface area contributed by atoms with Gasteiger partial charge in [-0.25, -0.2) is 44.2 Å². The van der Waals surface area contributed by atoms with E-state index >= 15 is 0 Å². The zero-order chi connectivity index (χ0) is 36.8. The lowest BCUT2D eigenvalue weighted by molar-refractivity contribution is 0.104. The van der Waals surface area contributed by atoms with Gasteiger partial charge in [-0.3, -0.25) is 9.40 Å². The van der Waals surface area contributed by atoms with Crippen molar-refractivity contribution < 1.29 is 43.9 Å². The molecule has 1 amide bonds. The molecule has 0 radical (unpaired) electrons. The monoisotopic (exact) mass is 755 g/mol. The Kier molecular flexibility index (Phi) is 10.1. The minimum atomic E-state index is -3.93. The summed E-state index contributed by atoms with van der Waals surface area (Å²) in [6, 6.07) is 8.25. The summed E-state index contributed by atoms with van der Waals surface area (Å²) in [5.41, 5.74) is 5.48. The Morgan fingerprint density at radius 1 is 1.10 bits per heavy atom. The van der Waals surface area contributed by atoms with E-state index in [-0.39, 0.29) is 56.2 Å². The van der Waals surface area contributed by atoms with Crippen molar-refractivity contribution in [2.45, 2.75) is 62.2 Å². The van der Waals surface area contributed by atoms with Gasteiger partial charge in [-0.1, -0.05) is 23.6 Å². The van der Waals surface area contributed by atoms with Gasteiger partial charge in [-0.05, 0) is 68.5 Å². The Bertz CT molecular complexity index is 2260. The lowest BCUT2D eigenvalue weighted by atomic mass is 9.95. The molecular weight excluding hydrogens is 726 g/mol. The van der Waals surface area contributed by atoms with Crippen LogP contribution in [0.4, 0.5) is 28.2 Å². The van der Waals surface area contributed by atoms with Crippen molar-refractivity contribution in [3.05, 3.63) is 76.1 Å². The summed E-state index contributed by atoms with van der Waals surface area (Å²) in [5.74, 6) is 3.18. The molecule has 2 aromatic heterocycles. The molecule has 1 atom stereocenters. The van der Waals surface area contributed by atoms with Crippen molar-refractivity contribution in [1.82, 2.24) is 14.8 Å². The van der Waals surface area contributed by atoms with E-state index in [1.165, 1.54) is 38.1 Å². The van der Waals surface area contributed by atoms with Crippen molar-refractivity contribution in [2.75, 3.05) is 11.0 Å². The molecule has 2 aromatic carbocycles. The molecule has 266 valence electrons. The van der Waals surface area contributed by atoms with E-state index in [0.717, 1.165) is 23.1 Å². The van der Waals surface area contributed by atoms with Crippen LogP contribution in [0, 0.1) is 23.5 Å². The molecule has 1 aliphatic rings. The van der Waals surface area contributed by atoms with Gasteiger partial charge in [0.05, 0.1) is 26.9 Å². The third kappa shape index (κ3) is 8.14. The molecule has 3 N–H and O–H groups in total. The highest BCUT2D eigenvalue weighted by Gasteiger charge is 2.37. The Labute approximate surface area is 290 Å². The number of amides is 1. The first kappa shape index (κ1) is 36.9. The highest BCUT2D eigenvalue weighted by atomic mass is 35.5. The van der Waals surface area contributed by atoms with Gasteiger partial charge in [-0.15, -0.1) is 0 Å². The summed E-state index contributed by atoms with van der Waals surface area (Å²) in [4.78, 5) is 16.7. The van der Waals surface area contributed by atoms with E-state index in [9.17, 15) is 39.2 Å². The van der Waals surface area contributed by atoms with Gasteiger partial charge in [-0.2, -0.15) is 5.10 Å². The summed E-state index contributed by atoms with van der Waals surface area (Å²) in [5, 5.41) is 3.42. The second kappa shape index (κ2) is 13.7. The van der Waals surface area contributed by atoms with Crippen LogP contribution < -0.4 is 10.5 Å². The predicted molar refractivity (Wildman–Crippen MR) is 179 cm³/mol. The number of primary amides is 1. The number of ether oxygens (including phenoxy) is 1. The van der Waals surface area contributed by atoms with Gasteiger partial charge in [0.2, 0.25) is 10.0 Å². The second-order valence-electron chi connectivity index (χ2n) is 12.2. The smallest absolute Gasteiger partial charge is 0.405 e. The summed E-state index contributed by atoms with van der Waals surface area (Å²) >= 11 is 6.53. The molecule has 11 nitrogen and oxygen atoms in total. The molecule has 0 spiro atoms. The molecule has 0 aliphatic heterocycles. The van der Waals surface area contributed by atoms with Crippen molar-refractivity contribution in [3.8, 4) is 23.0 Å². The number of sulfone groups is 1. The van der Waals surface area contributed by atoms with Crippen LogP contribution in [0.5, 0.6) is 0 Å². The normalized spacial score (nSPS) is 14.3. The molecule has 5 rings (SSSR count). The number of carbonyl (C=O) groups excluding carboxylic acids is 1. The third-order valence-electron chi connectivity index (χ3n) is 7.90. The van der Waals surface area contributed by atoms with Crippen LogP contribution in [0.1, 0.15) is 49.7 Å². The Morgan fingerprint density at radius 3 is 2.32 bits per heavy atom. The molecule has 50 heavy (non-hydrogen) atoms. The largest absolute Gasteiger partial charge is 0.439 e. The van der Waals surface area contributed by atoms with Crippen LogP contribution in [-0.4, -0.2) is 60.4 Å². The van der Waals surface area contributed by atoms with E-state index < -0.39 is 66.7 Å². The van der Waals surface area contributed by atoms with E-state index in [1.54, 1.807) is 0 Å². The van der Waals surface area contributed by atoms with Crippen LogP contribution in [0.3, 0.4) is 0 Å². The number of halogens is 5. The number of aromatic nitrogens is 3. The fraction of sp³-hybridized carbons (Fsp3) is 0.344. The van der Waals surface area contributed by atoms with Crippen molar-refractivity contribution in [2.24, 2.45) is 5.73 Å². The first-order valence-electron chi connectivity index (χ1n) is 14.9. The molecule has 4 aromatic rings. The zero-order valence-electron chi connectivity index (χ0n) is 26.7. The molecule has 1 aliphatic carbocycles. The first-order valence-corrected chi connectivity index (χ1v) is 18.7. The van der Waals surface area contributed by atoms with Crippen LogP contribution in [0.25, 0.3) is 22.0 Å². The van der Waals surface area contributed by atoms with Gasteiger partial charge in [0, 0.05) is 29.9 Å². The van der Waals surface area contributed by atoms with E-state index in [1.807, 2.05) is 0 Å². The van der Waals surface area contributed by atoms with Crippen LogP contribution >= 0.6 is 11.6 Å². The van der Waals surface area contributed by atoms with Gasteiger partial charge in [0.15, 0.2) is 21.8 Å². The highest BCUT2D eigenvalue weighted by Crippen LogP contribution is 2.42. The maximum Gasteiger partial charge on any atom is 0.405 e. The Balaban J connectivity index is 1.79. The van der Waals surface area contributed by atoms with Gasteiger partial charge in [0.1, 0.15) is 28.6 Å². The number of anilines is 1. The quantitative estimate of drug-likeness (QED) is 0.144. The van der Waals surface area contributed by atoms with Gasteiger partial charge < -0.3 is 10.5 Å². The van der Waals surface area contributed by atoms with Crippen molar-refractivity contribution in [1.29, 1.82) is 0 Å². The lowest BCUT2D eigenvalue weighted by Crippen LogP contribution is -2.28. The summed E-state index contributed by atoms with van der Waals surface area (Å²) in [7, 11) is -7.59. The van der Waals surface area contributed by atoms with Crippen molar-refractivity contribution in [3.63, 3.8) is 0 Å². The highest BCUT2D eigenvalue weighted by molar-refractivity contribution is 7.93. The molecule has 1 fully saturated rings. The van der Waals surface area contributed by atoms with Gasteiger partial charge >= 0.3 is 6.09 Å². The number of nitrogens with two attached hydrogens (primary N) is 1. The van der Waals surface area contributed by atoms with Crippen LogP contribution in [0.15, 0.2) is 42.5 Å². The number of hydrogen-bond acceptors (Lipinski definition) is 8. The summed E-state index contributed by atoms with van der Waals surface area (Å²) in [6.07, 6.45) is -4.28. The molecule has 1 unspecified atom stereocenters. The van der Waals surface area contributed by atoms with E-state index in [0.29, 0.717) is 18.9 Å². The SMILES string of the molecule is CC(C)(C#Cc1ccc(-c2ccc(Cl)c3c(NS(=O)(=O)C4CC4)nn(CC(F)F)c23)c(C(Cc2cc(F)cc(F)c2)OC(N)=O)n1)S(C)(=O)=O. The molecule has 0 bridgehead atoms. The number of sulfonamides is 1. The van der Waals surface area contributed by atoms with E-state index in [2.05, 4.69) is 26.6 Å². The second-order valence-corrected chi connectivity index (χ2v) is 17.1. The third-order valence-corrected chi connectivity index (χ3v) is 12.0. The molecule has 0 saturated heterocycles. The Hall–Kier alpha value is -4.40. The zero-order valence-corrected chi connectivity index (χ0v) is 29.1. The molecule has 2 heterocycles. The van der Waals surface area contributed by atoms with Crippen molar-refractivity contribution >= 4 is 54.3 Å². The Morgan fingerprint density at radius 2 is 1.74 bits per heavy atom. The number of benzene rings is 2.